The minimum Gasteiger partial charge on any atom is -0.307 e. The van der Waals surface area contributed by atoms with Gasteiger partial charge in [-0.15, -0.1) is 11.3 Å². The van der Waals surface area contributed by atoms with Crippen LogP contribution in [0.4, 0.5) is 0 Å². The minimum atomic E-state index is 0.524. The van der Waals surface area contributed by atoms with E-state index in [0.717, 1.165) is 18.4 Å². The zero-order valence-electron chi connectivity index (χ0n) is 11.3. The first-order valence-electron chi connectivity index (χ1n) is 7.03. The molecule has 0 bridgehead atoms. The average Bonchev–Trinajstić information content (AvgIpc) is 2.77. The molecule has 1 N–H and O–H groups in total. The van der Waals surface area contributed by atoms with E-state index in [2.05, 4.69) is 38.2 Å². The summed E-state index contributed by atoms with van der Waals surface area (Å²) in [5.41, 5.74) is 0. The topological polar surface area (TPSA) is 12.0 Å². The molecule has 17 heavy (non-hydrogen) atoms. The highest BCUT2D eigenvalue weighted by Gasteiger charge is 2.20. The van der Waals surface area contributed by atoms with Gasteiger partial charge >= 0.3 is 0 Å². The highest BCUT2D eigenvalue weighted by molar-refractivity contribution is 7.12. The van der Waals surface area contributed by atoms with Gasteiger partial charge in [-0.1, -0.05) is 26.7 Å². The Kier molecular flexibility index (Phi) is 4.63. The van der Waals surface area contributed by atoms with Crippen molar-refractivity contribution in [2.75, 3.05) is 0 Å². The third-order valence-corrected chi connectivity index (χ3v) is 5.29. The standard InChI is InChI=1S/C15H25NS/c1-4-14-8-9-15(17-14)12(3)16-13-7-5-6-11(2)10-13/h8-9,11-13,16H,4-7,10H2,1-3H3. The molecule has 1 heterocycles. The van der Waals surface area contributed by atoms with Crippen LogP contribution in [0.5, 0.6) is 0 Å². The van der Waals surface area contributed by atoms with Crippen LogP contribution in [0, 0.1) is 5.92 Å². The van der Waals surface area contributed by atoms with Crippen molar-refractivity contribution in [1.82, 2.24) is 5.32 Å². The number of nitrogens with one attached hydrogen (secondary N) is 1. The molecule has 3 unspecified atom stereocenters. The lowest BCUT2D eigenvalue weighted by Crippen LogP contribution is -2.35. The smallest absolute Gasteiger partial charge is 0.0388 e. The highest BCUT2D eigenvalue weighted by Crippen LogP contribution is 2.28. The third-order valence-electron chi connectivity index (χ3n) is 3.88. The van der Waals surface area contributed by atoms with E-state index in [9.17, 15) is 0 Å². The molecule has 1 aliphatic rings. The maximum Gasteiger partial charge on any atom is 0.0388 e. The van der Waals surface area contributed by atoms with Crippen LogP contribution >= 0.6 is 11.3 Å². The Balaban J connectivity index is 1.89. The van der Waals surface area contributed by atoms with Gasteiger partial charge in [-0.05, 0) is 44.2 Å². The van der Waals surface area contributed by atoms with Crippen molar-refractivity contribution < 1.29 is 0 Å². The SMILES string of the molecule is CCc1ccc(C(C)NC2CCCC(C)C2)s1. The molecule has 1 saturated carbocycles. The minimum absolute atomic E-state index is 0.524. The maximum atomic E-state index is 3.81. The molecule has 3 atom stereocenters. The summed E-state index contributed by atoms with van der Waals surface area (Å²) in [6.45, 7) is 6.93. The molecule has 0 spiro atoms. The number of thiophene rings is 1. The molecule has 2 heteroatoms. The summed E-state index contributed by atoms with van der Waals surface area (Å²) in [6, 6.07) is 5.84. The molecule has 2 rings (SSSR count). The average molecular weight is 251 g/mol. The van der Waals surface area contributed by atoms with E-state index < -0.39 is 0 Å². The van der Waals surface area contributed by atoms with Crippen molar-refractivity contribution >= 4 is 11.3 Å². The molecule has 0 radical (unpaired) electrons. The summed E-state index contributed by atoms with van der Waals surface area (Å²) >= 11 is 1.97. The van der Waals surface area contributed by atoms with Crippen molar-refractivity contribution in [2.24, 2.45) is 5.92 Å². The van der Waals surface area contributed by atoms with E-state index in [0.29, 0.717) is 6.04 Å². The van der Waals surface area contributed by atoms with Gasteiger partial charge in [-0.2, -0.15) is 0 Å². The summed E-state index contributed by atoms with van der Waals surface area (Å²) in [7, 11) is 0. The quantitative estimate of drug-likeness (QED) is 0.828. The molecule has 0 aliphatic heterocycles. The van der Waals surface area contributed by atoms with Gasteiger partial charge in [-0.3, -0.25) is 0 Å². The molecular weight excluding hydrogens is 226 g/mol. The molecule has 1 aliphatic carbocycles. The largest absolute Gasteiger partial charge is 0.307 e. The van der Waals surface area contributed by atoms with E-state index in [-0.39, 0.29) is 0 Å². The predicted molar refractivity (Wildman–Crippen MR) is 76.7 cm³/mol. The Labute approximate surface area is 110 Å². The zero-order valence-corrected chi connectivity index (χ0v) is 12.1. The normalized spacial score (nSPS) is 27.0. The first-order chi connectivity index (χ1) is 8.19. The van der Waals surface area contributed by atoms with E-state index in [4.69, 9.17) is 0 Å². The molecule has 1 fully saturated rings. The molecule has 1 nitrogen and oxygen atoms in total. The second kappa shape index (κ2) is 6.01. The van der Waals surface area contributed by atoms with E-state index in [1.165, 1.54) is 35.4 Å². The number of aryl methyl sites for hydroxylation is 1. The summed E-state index contributed by atoms with van der Waals surface area (Å²) in [4.78, 5) is 3.01. The number of rotatable bonds is 4. The van der Waals surface area contributed by atoms with Gasteiger partial charge in [0.1, 0.15) is 0 Å². The van der Waals surface area contributed by atoms with Crippen molar-refractivity contribution in [3.63, 3.8) is 0 Å². The molecule has 96 valence electrons. The highest BCUT2D eigenvalue weighted by atomic mass is 32.1. The summed E-state index contributed by atoms with van der Waals surface area (Å²) in [5.74, 6) is 0.906. The van der Waals surface area contributed by atoms with E-state index >= 15 is 0 Å². The van der Waals surface area contributed by atoms with Gasteiger partial charge in [0.15, 0.2) is 0 Å². The second-order valence-electron chi connectivity index (χ2n) is 5.51. The van der Waals surface area contributed by atoms with Gasteiger partial charge in [0.25, 0.3) is 0 Å². The van der Waals surface area contributed by atoms with Gasteiger partial charge in [0, 0.05) is 21.8 Å². The van der Waals surface area contributed by atoms with Crippen LogP contribution in [-0.2, 0) is 6.42 Å². The fourth-order valence-electron chi connectivity index (χ4n) is 2.84. The Morgan fingerprint density at radius 1 is 1.41 bits per heavy atom. The lowest BCUT2D eigenvalue weighted by atomic mass is 9.87. The zero-order chi connectivity index (χ0) is 12.3. The molecular formula is C15H25NS. The van der Waals surface area contributed by atoms with E-state index in [1.54, 1.807) is 0 Å². The summed E-state index contributed by atoms with van der Waals surface area (Å²) in [5, 5.41) is 3.81. The van der Waals surface area contributed by atoms with Crippen molar-refractivity contribution in [3.8, 4) is 0 Å². The van der Waals surface area contributed by atoms with Gasteiger partial charge in [0.2, 0.25) is 0 Å². The van der Waals surface area contributed by atoms with Crippen LogP contribution in [0.1, 0.15) is 62.3 Å². The fourth-order valence-corrected chi connectivity index (χ4v) is 3.80. The van der Waals surface area contributed by atoms with Crippen molar-refractivity contribution in [3.05, 3.63) is 21.9 Å². The van der Waals surface area contributed by atoms with Crippen LogP contribution in [0.15, 0.2) is 12.1 Å². The molecule has 1 aromatic heterocycles. The first kappa shape index (κ1) is 13.1. The van der Waals surface area contributed by atoms with Crippen LogP contribution in [0.25, 0.3) is 0 Å². The van der Waals surface area contributed by atoms with Crippen molar-refractivity contribution in [1.29, 1.82) is 0 Å². The summed E-state index contributed by atoms with van der Waals surface area (Å²) in [6.07, 6.45) is 6.70. The van der Waals surface area contributed by atoms with Crippen LogP contribution in [-0.4, -0.2) is 6.04 Å². The number of hydrogen-bond acceptors (Lipinski definition) is 2. The van der Waals surface area contributed by atoms with Crippen LogP contribution < -0.4 is 5.32 Å². The lowest BCUT2D eigenvalue weighted by molar-refractivity contribution is 0.286. The molecule has 0 amide bonds. The van der Waals surface area contributed by atoms with Gasteiger partial charge in [0.05, 0.1) is 0 Å². The predicted octanol–water partition coefficient (Wildman–Crippen LogP) is 4.54. The third kappa shape index (κ3) is 3.56. The van der Waals surface area contributed by atoms with Crippen molar-refractivity contribution in [2.45, 2.75) is 65.0 Å². The Bertz CT molecular complexity index is 344. The maximum absolute atomic E-state index is 3.81. The van der Waals surface area contributed by atoms with Gasteiger partial charge < -0.3 is 5.32 Å². The van der Waals surface area contributed by atoms with Crippen LogP contribution in [0.2, 0.25) is 0 Å². The monoisotopic (exact) mass is 251 g/mol. The number of hydrogen-bond donors (Lipinski definition) is 1. The fraction of sp³-hybridized carbons (Fsp3) is 0.733. The first-order valence-corrected chi connectivity index (χ1v) is 7.85. The second-order valence-corrected chi connectivity index (χ2v) is 6.71. The Morgan fingerprint density at radius 3 is 2.88 bits per heavy atom. The molecule has 0 saturated heterocycles. The Hall–Kier alpha value is -0.340. The van der Waals surface area contributed by atoms with Gasteiger partial charge in [-0.25, -0.2) is 0 Å². The lowest BCUT2D eigenvalue weighted by Gasteiger charge is -2.30. The Morgan fingerprint density at radius 2 is 2.24 bits per heavy atom. The van der Waals surface area contributed by atoms with Crippen LogP contribution in [0.3, 0.4) is 0 Å². The molecule has 0 aromatic carbocycles. The summed E-state index contributed by atoms with van der Waals surface area (Å²) < 4.78 is 0. The van der Waals surface area contributed by atoms with E-state index in [1.807, 2.05) is 11.3 Å². The molecule has 1 aromatic rings.